The first-order valence-electron chi connectivity index (χ1n) is 13.5. The Morgan fingerprint density at radius 2 is 1.41 bits per heavy atom. The van der Waals surface area contributed by atoms with Crippen LogP contribution in [-0.4, -0.2) is 48.4 Å². The Hall–Kier alpha value is -3.14. The Morgan fingerprint density at radius 3 is 1.92 bits per heavy atom. The predicted molar refractivity (Wildman–Crippen MR) is 145 cm³/mol. The van der Waals surface area contributed by atoms with Gasteiger partial charge in [-0.15, -0.1) is 0 Å². The van der Waals surface area contributed by atoms with Crippen LogP contribution in [0.2, 0.25) is 0 Å². The highest BCUT2D eigenvalue weighted by molar-refractivity contribution is 5.77. The van der Waals surface area contributed by atoms with Crippen molar-refractivity contribution >= 4 is 24.1 Å². The van der Waals surface area contributed by atoms with Crippen molar-refractivity contribution in [3.63, 3.8) is 0 Å². The summed E-state index contributed by atoms with van der Waals surface area (Å²) in [5.74, 6) is -1.11. The van der Waals surface area contributed by atoms with Crippen molar-refractivity contribution in [2.45, 2.75) is 105 Å². The molecule has 0 spiro atoms. The van der Waals surface area contributed by atoms with E-state index in [0.717, 1.165) is 12.8 Å². The summed E-state index contributed by atoms with van der Waals surface area (Å²) in [5.41, 5.74) is 5.93. The van der Waals surface area contributed by atoms with Gasteiger partial charge >= 0.3 is 24.1 Å². The van der Waals surface area contributed by atoms with Crippen LogP contribution in [0.25, 0.3) is 0 Å². The molecule has 1 rings (SSSR count). The third-order valence-electron chi connectivity index (χ3n) is 5.78. The van der Waals surface area contributed by atoms with Gasteiger partial charge in [-0.05, 0) is 63.6 Å². The molecule has 0 aliphatic heterocycles. The molecular formula is C29H45NO9. The molecule has 10 heteroatoms. The van der Waals surface area contributed by atoms with E-state index in [9.17, 15) is 19.2 Å². The Kier molecular flexibility index (Phi) is 14.0. The van der Waals surface area contributed by atoms with Crippen LogP contribution in [0.1, 0.15) is 86.6 Å². The second-order valence-corrected chi connectivity index (χ2v) is 11.0. The monoisotopic (exact) mass is 551 g/mol. The molecule has 0 amide bonds. The van der Waals surface area contributed by atoms with Gasteiger partial charge in [0.05, 0.1) is 0 Å². The van der Waals surface area contributed by atoms with Gasteiger partial charge in [-0.25, -0.2) is 4.79 Å². The minimum Gasteiger partial charge on any atom is -0.458 e. The van der Waals surface area contributed by atoms with Crippen LogP contribution < -0.4 is 15.2 Å². The van der Waals surface area contributed by atoms with Crippen LogP contribution in [0.15, 0.2) is 18.2 Å². The molecule has 0 aliphatic rings. The van der Waals surface area contributed by atoms with Crippen molar-refractivity contribution in [2.75, 3.05) is 6.61 Å². The van der Waals surface area contributed by atoms with Gasteiger partial charge in [0, 0.05) is 12.8 Å². The van der Waals surface area contributed by atoms with Crippen LogP contribution in [-0.2, 0) is 35.0 Å². The summed E-state index contributed by atoms with van der Waals surface area (Å²) < 4.78 is 26.4. The van der Waals surface area contributed by atoms with Crippen molar-refractivity contribution in [3.8, 4) is 11.5 Å². The van der Waals surface area contributed by atoms with Crippen molar-refractivity contribution < 1.29 is 42.9 Å². The molecule has 4 atom stereocenters. The lowest BCUT2D eigenvalue weighted by Crippen LogP contribution is -2.37. The van der Waals surface area contributed by atoms with Gasteiger partial charge in [-0.2, -0.15) is 0 Å². The summed E-state index contributed by atoms with van der Waals surface area (Å²) in [4.78, 5) is 49.1. The highest BCUT2D eigenvalue weighted by Gasteiger charge is 2.23. The van der Waals surface area contributed by atoms with E-state index >= 15 is 0 Å². The Labute approximate surface area is 231 Å². The number of rotatable bonds is 14. The minimum absolute atomic E-state index is 0.0650. The number of carbonyl (C=O) groups excluding carboxylic acids is 4. The Morgan fingerprint density at radius 1 is 0.872 bits per heavy atom. The van der Waals surface area contributed by atoms with E-state index in [1.54, 1.807) is 33.8 Å². The topological polar surface area (TPSA) is 140 Å². The highest BCUT2D eigenvalue weighted by atomic mass is 16.7. The van der Waals surface area contributed by atoms with E-state index in [4.69, 9.17) is 29.4 Å². The van der Waals surface area contributed by atoms with Gasteiger partial charge in [-0.1, -0.05) is 46.6 Å². The second-order valence-electron chi connectivity index (χ2n) is 11.0. The first-order valence-corrected chi connectivity index (χ1v) is 13.5. The third-order valence-corrected chi connectivity index (χ3v) is 5.78. The summed E-state index contributed by atoms with van der Waals surface area (Å²) in [6.07, 6.45) is 0.515. The van der Waals surface area contributed by atoms with Crippen molar-refractivity contribution in [1.29, 1.82) is 0 Å². The van der Waals surface area contributed by atoms with Crippen LogP contribution in [0, 0.1) is 11.8 Å². The third kappa shape index (κ3) is 14.0. The quantitative estimate of drug-likeness (QED) is 0.244. The van der Waals surface area contributed by atoms with Crippen LogP contribution >= 0.6 is 0 Å². The zero-order valence-electron chi connectivity index (χ0n) is 24.5. The second kappa shape index (κ2) is 16.1. The smallest absolute Gasteiger partial charge is 0.458 e. The number of ether oxygens (including phenoxy) is 5. The van der Waals surface area contributed by atoms with Gasteiger partial charge < -0.3 is 29.4 Å². The normalized spacial score (nSPS) is 14.4. The molecule has 39 heavy (non-hydrogen) atoms. The molecule has 1 aromatic rings. The maximum absolute atomic E-state index is 12.5. The van der Waals surface area contributed by atoms with Crippen molar-refractivity contribution in [2.24, 2.45) is 17.6 Å². The van der Waals surface area contributed by atoms with Gasteiger partial charge in [0.2, 0.25) is 0 Å². The maximum atomic E-state index is 12.5. The average molecular weight is 552 g/mol. The zero-order valence-corrected chi connectivity index (χ0v) is 24.5. The van der Waals surface area contributed by atoms with Gasteiger partial charge in [0.15, 0.2) is 11.5 Å². The molecule has 2 unspecified atom stereocenters. The lowest BCUT2D eigenvalue weighted by Gasteiger charge is -2.20. The molecule has 220 valence electrons. The van der Waals surface area contributed by atoms with Gasteiger partial charge in [0.1, 0.15) is 24.4 Å². The van der Waals surface area contributed by atoms with E-state index in [1.807, 2.05) is 27.7 Å². The Balaban J connectivity index is 2.89. The molecule has 2 N–H and O–H groups in total. The molecule has 0 saturated heterocycles. The molecular weight excluding hydrogens is 506 g/mol. The van der Waals surface area contributed by atoms with E-state index < -0.39 is 41.8 Å². The summed E-state index contributed by atoms with van der Waals surface area (Å²) in [6.45, 7) is 14.3. The number of hydrogen-bond acceptors (Lipinski definition) is 10. The SMILES string of the molecule is CCC(C)CC(=O)Oc1ccc(C[C@H](N)C(=O)O[C@@H](C)COC(=O)OC(C)(C)C)cc1OC(=O)CC(C)CC. The first-order chi connectivity index (χ1) is 18.1. The lowest BCUT2D eigenvalue weighted by atomic mass is 10.0. The lowest BCUT2D eigenvalue weighted by molar-refractivity contribution is -0.152. The molecule has 0 fully saturated rings. The minimum atomic E-state index is -1.04. The predicted octanol–water partition coefficient (Wildman–Crippen LogP) is 5.12. The molecule has 0 aromatic heterocycles. The fourth-order valence-corrected chi connectivity index (χ4v) is 3.15. The molecule has 0 aliphatic carbocycles. The molecule has 0 radical (unpaired) electrons. The van der Waals surface area contributed by atoms with Crippen molar-refractivity contribution in [3.05, 3.63) is 23.8 Å². The summed E-state index contributed by atoms with van der Waals surface area (Å²) in [7, 11) is 0. The number of hydrogen-bond donors (Lipinski definition) is 1. The molecule has 10 nitrogen and oxygen atoms in total. The average Bonchev–Trinajstić information content (AvgIpc) is 2.82. The Bertz CT molecular complexity index is 970. The molecule has 0 heterocycles. The summed E-state index contributed by atoms with van der Waals surface area (Å²) in [5, 5.41) is 0. The number of nitrogens with two attached hydrogens (primary N) is 1. The van der Waals surface area contributed by atoms with E-state index in [1.165, 1.54) is 12.1 Å². The van der Waals surface area contributed by atoms with Crippen LogP contribution in [0.4, 0.5) is 4.79 Å². The zero-order chi connectivity index (χ0) is 29.8. The largest absolute Gasteiger partial charge is 0.508 e. The molecule has 0 bridgehead atoms. The molecule has 0 saturated carbocycles. The summed E-state index contributed by atoms with van der Waals surface area (Å²) in [6, 6.07) is 3.64. The fraction of sp³-hybridized carbons (Fsp3) is 0.655. The van der Waals surface area contributed by atoms with E-state index in [0.29, 0.717) is 5.56 Å². The van der Waals surface area contributed by atoms with Crippen molar-refractivity contribution in [1.82, 2.24) is 0 Å². The standard InChI is InChI=1S/C29H45NO9/c1-9-18(3)13-25(31)37-23-12-11-21(16-24(23)38-26(32)14-19(4)10-2)15-22(30)27(33)36-20(5)17-35-28(34)39-29(6,7)8/h11-12,16,18-20,22H,9-10,13-15,17,30H2,1-8H3/t18?,19?,20-,22-/m0/s1. The van der Waals surface area contributed by atoms with E-state index in [2.05, 4.69) is 0 Å². The van der Waals surface area contributed by atoms with Gasteiger partial charge in [-0.3, -0.25) is 14.4 Å². The fourth-order valence-electron chi connectivity index (χ4n) is 3.15. The number of benzene rings is 1. The first kappa shape index (κ1) is 33.9. The molecule has 1 aromatic carbocycles. The van der Waals surface area contributed by atoms with Crippen LogP contribution in [0.5, 0.6) is 11.5 Å². The number of esters is 3. The maximum Gasteiger partial charge on any atom is 0.508 e. The van der Waals surface area contributed by atoms with Gasteiger partial charge in [0.25, 0.3) is 0 Å². The number of carbonyl (C=O) groups is 4. The van der Waals surface area contributed by atoms with E-state index in [-0.39, 0.29) is 49.2 Å². The van der Waals surface area contributed by atoms with Crippen LogP contribution in [0.3, 0.4) is 0 Å². The summed E-state index contributed by atoms with van der Waals surface area (Å²) >= 11 is 0. The highest BCUT2D eigenvalue weighted by Crippen LogP contribution is 2.30.